The normalized spacial score (nSPS) is 10.4. The van der Waals surface area contributed by atoms with Gasteiger partial charge in [0.1, 0.15) is 11.3 Å². The number of aromatic amines is 1. The lowest BCUT2D eigenvalue weighted by Gasteiger charge is -2.07. The number of carbonyl (C=O) groups excluding carboxylic acids is 1. The Balaban J connectivity index is 2.89. The van der Waals surface area contributed by atoms with Crippen molar-refractivity contribution in [3.8, 4) is 5.75 Å². The molecule has 1 N–H and O–H groups in total. The summed E-state index contributed by atoms with van der Waals surface area (Å²) in [4.78, 5) is 26.5. The molecule has 1 aromatic carbocycles. The highest BCUT2D eigenvalue weighted by Gasteiger charge is 2.17. The lowest BCUT2D eigenvalue weighted by atomic mass is 10.1. The summed E-state index contributed by atoms with van der Waals surface area (Å²) in [5.74, 6) is -0.360. The van der Waals surface area contributed by atoms with Crippen LogP contribution in [0.5, 0.6) is 5.75 Å². The van der Waals surface area contributed by atoms with Crippen LogP contribution in [0.15, 0.2) is 23.1 Å². The molecule has 0 radical (unpaired) electrons. The van der Waals surface area contributed by atoms with Crippen molar-refractivity contribution in [1.29, 1.82) is 0 Å². The number of hydrogen-bond donors (Lipinski definition) is 1. The van der Waals surface area contributed by atoms with Crippen molar-refractivity contribution in [2.24, 2.45) is 0 Å². The quantitative estimate of drug-likeness (QED) is 0.845. The van der Waals surface area contributed by atoms with Gasteiger partial charge in [-0.1, -0.05) is 11.6 Å². The third kappa shape index (κ3) is 1.82. The van der Waals surface area contributed by atoms with E-state index in [4.69, 9.17) is 16.3 Å². The van der Waals surface area contributed by atoms with Crippen molar-refractivity contribution in [3.05, 3.63) is 39.1 Å². The van der Waals surface area contributed by atoms with Crippen molar-refractivity contribution >= 4 is 28.5 Å². The van der Waals surface area contributed by atoms with Crippen molar-refractivity contribution < 1.29 is 14.3 Å². The van der Waals surface area contributed by atoms with Gasteiger partial charge in [0.15, 0.2) is 0 Å². The number of halogens is 1. The van der Waals surface area contributed by atoms with Crippen LogP contribution in [-0.2, 0) is 4.74 Å². The van der Waals surface area contributed by atoms with Crippen molar-refractivity contribution in [2.75, 3.05) is 14.2 Å². The van der Waals surface area contributed by atoms with E-state index >= 15 is 0 Å². The summed E-state index contributed by atoms with van der Waals surface area (Å²) in [7, 11) is 2.65. The van der Waals surface area contributed by atoms with Crippen molar-refractivity contribution in [1.82, 2.24) is 4.98 Å². The first-order valence-corrected chi connectivity index (χ1v) is 5.44. The van der Waals surface area contributed by atoms with Gasteiger partial charge in [-0.05, 0) is 12.1 Å². The van der Waals surface area contributed by atoms with Crippen molar-refractivity contribution in [3.63, 3.8) is 0 Å². The Bertz CT molecular complexity index is 678. The molecule has 0 aliphatic carbocycles. The molecule has 0 bridgehead atoms. The first kappa shape index (κ1) is 12.4. The maximum absolute atomic E-state index is 12.2. The molecule has 2 aromatic rings. The fraction of sp³-hybridized carbons (Fsp3) is 0.167. The maximum atomic E-state index is 12.2. The summed E-state index contributed by atoms with van der Waals surface area (Å²) < 4.78 is 9.64. The Morgan fingerprint density at radius 3 is 2.67 bits per heavy atom. The van der Waals surface area contributed by atoms with Gasteiger partial charge in [0.05, 0.1) is 30.1 Å². The van der Waals surface area contributed by atoms with E-state index in [1.54, 1.807) is 12.1 Å². The van der Waals surface area contributed by atoms with E-state index in [-0.39, 0.29) is 10.9 Å². The van der Waals surface area contributed by atoms with E-state index in [9.17, 15) is 9.59 Å². The Hall–Kier alpha value is -2.01. The smallest absolute Gasteiger partial charge is 0.343 e. The molecule has 6 heteroatoms. The highest BCUT2D eigenvalue weighted by atomic mass is 35.5. The number of fused-ring (bicyclic) bond motifs is 1. The van der Waals surface area contributed by atoms with Gasteiger partial charge in [0.25, 0.3) is 0 Å². The van der Waals surface area contributed by atoms with Gasteiger partial charge in [-0.25, -0.2) is 4.79 Å². The van der Waals surface area contributed by atoms with Crippen LogP contribution >= 0.6 is 11.6 Å². The molecule has 0 saturated heterocycles. The molecule has 5 nitrogen and oxygen atoms in total. The zero-order chi connectivity index (χ0) is 13.3. The first-order chi connectivity index (χ1) is 8.60. The monoisotopic (exact) mass is 267 g/mol. The van der Waals surface area contributed by atoms with Gasteiger partial charge in [-0.2, -0.15) is 0 Å². The van der Waals surface area contributed by atoms with Crippen LogP contribution in [0.1, 0.15) is 10.4 Å². The first-order valence-electron chi connectivity index (χ1n) is 5.06. The molecular weight excluding hydrogens is 258 g/mol. The molecule has 0 atom stereocenters. The number of ether oxygens (including phenoxy) is 2. The van der Waals surface area contributed by atoms with Crippen LogP contribution in [0, 0.1) is 0 Å². The van der Waals surface area contributed by atoms with E-state index in [1.807, 2.05) is 0 Å². The Kier molecular flexibility index (Phi) is 3.25. The minimum atomic E-state index is -0.708. The van der Waals surface area contributed by atoms with E-state index in [0.29, 0.717) is 16.3 Å². The average Bonchev–Trinajstić information content (AvgIpc) is 2.39. The molecule has 0 spiro atoms. The fourth-order valence-electron chi connectivity index (χ4n) is 1.70. The zero-order valence-corrected chi connectivity index (χ0v) is 10.5. The SMILES string of the molecule is COC(=O)c1c[nH]c2c(Cl)ccc(OC)c2c1=O. The summed E-state index contributed by atoms with van der Waals surface area (Å²) >= 11 is 5.98. The molecule has 2 rings (SSSR count). The summed E-state index contributed by atoms with van der Waals surface area (Å²) in [5, 5.41) is 0.604. The second-order valence-electron chi connectivity index (χ2n) is 3.52. The second kappa shape index (κ2) is 4.70. The molecule has 0 fully saturated rings. The Labute approximate surface area is 107 Å². The topological polar surface area (TPSA) is 68.4 Å². The minimum Gasteiger partial charge on any atom is -0.496 e. The predicted octanol–water partition coefficient (Wildman–Crippen LogP) is 1.98. The summed E-state index contributed by atoms with van der Waals surface area (Å²) in [6.07, 6.45) is 1.28. The predicted molar refractivity (Wildman–Crippen MR) is 67.5 cm³/mol. The number of esters is 1. The number of nitrogens with one attached hydrogen (secondary N) is 1. The van der Waals surface area contributed by atoms with Gasteiger partial charge in [-0.3, -0.25) is 4.79 Å². The largest absolute Gasteiger partial charge is 0.496 e. The number of benzene rings is 1. The van der Waals surface area contributed by atoms with Crippen LogP contribution in [0.4, 0.5) is 0 Å². The van der Waals surface area contributed by atoms with E-state index in [2.05, 4.69) is 9.72 Å². The summed E-state index contributed by atoms with van der Waals surface area (Å²) in [5.41, 5.74) is -0.144. The minimum absolute atomic E-state index is 0.0921. The van der Waals surface area contributed by atoms with Crippen LogP contribution in [0.25, 0.3) is 10.9 Å². The number of H-pyrrole nitrogens is 1. The third-order valence-corrected chi connectivity index (χ3v) is 2.89. The van der Waals surface area contributed by atoms with Gasteiger partial charge in [-0.15, -0.1) is 0 Å². The Morgan fingerprint density at radius 1 is 1.33 bits per heavy atom. The molecule has 94 valence electrons. The Morgan fingerprint density at radius 2 is 2.06 bits per heavy atom. The van der Waals surface area contributed by atoms with Crippen molar-refractivity contribution in [2.45, 2.75) is 0 Å². The number of carbonyl (C=O) groups is 1. The highest BCUT2D eigenvalue weighted by Crippen LogP contribution is 2.27. The molecule has 0 unspecified atom stereocenters. The van der Waals surface area contributed by atoms with Crippen LogP contribution in [0.2, 0.25) is 5.02 Å². The lowest BCUT2D eigenvalue weighted by molar-refractivity contribution is 0.0599. The number of rotatable bonds is 2. The van der Waals surface area contributed by atoms with Gasteiger partial charge >= 0.3 is 5.97 Å². The molecule has 0 amide bonds. The molecule has 1 aromatic heterocycles. The molecule has 18 heavy (non-hydrogen) atoms. The van der Waals surface area contributed by atoms with Crippen LogP contribution in [-0.4, -0.2) is 25.2 Å². The van der Waals surface area contributed by atoms with E-state index in [0.717, 1.165) is 0 Å². The number of pyridine rings is 1. The number of methoxy groups -OCH3 is 2. The third-order valence-electron chi connectivity index (χ3n) is 2.57. The fourth-order valence-corrected chi connectivity index (χ4v) is 1.91. The molecule has 1 heterocycles. The van der Waals surface area contributed by atoms with Gasteiger partial charge < -0.3 is 14.5 Å². The molecule has 0 aliphatic heterocycles. The maximum Gasteiger partial charge on any atom is 0.343 e. The lowest BCUT2D eigenvalue weighted by Crippen LogP contribution is -2.17. The van der Waals surface area contributed by atoms with Crippen LogP contribution in [0.3, 0.4) is 0 Å². The van der Waals surface area contributed by atoms with Crippen LogP contribution < -0.4 is 10.2 Å². The van der Waals surface area contributed by atoms with Gasteiger partial charge in [0.2, 0.25) is 5.43 Å². The molecule has 0 aliphatic rings. The number of hydrogen-bond acceptors (Lipinski definition) is 4. The summed E-state index contributed by atoms with van der Waals surface area (Å²) in [6.45, 7) is 0. The zero-order valence-electron chi connectivity index (χ0n) is 9.74. The second-order valence-corrected chi connectivity index (χ2v) is 3.93. The average molecular weight is 268 g/mol. The van der Waals surface area contributed by atoms with Gasteiger partial charge in [0, 0.05) is 6.20 Å². The molecule has 0 saturated carbocycles. The molecular formula is C12H10ClNO4. The van der Waals surface area contributed by atoms with E-state index in [1.165, 1.54) is 20.4 Å². The number of aromatic nitrogens is 1. The van der Waals surface area contributed by atoms with E-state index < -0.39 is 11.4 Å². The summed E-state index contributed by atoms with van der Waals surface area (Å²) in [6, 6.07) is 3.18. The standard InChI is InChI=1S/C12H10ClNO4/c1-17-8-4-3-7(13)10-9(8)11(15)6(5-14-10)12(16)18-2/h3-5H,1-2H3,(H,14,15). The highest BCUT2D eigenvalue weighted by molar-refractivity contribution is 6.35.